The van der Waals surface area contributed by atoms with Crippen LogP contribution in [0.25, 0.3) is 11.0 Å². The molecule has 132 valence electrons. The first-order valence-corrected chi connectivity index (χ1v) is 8.81. The maximum Gasteiger partial charge on any atom is 0.151 e. The number of rotatable bonds is 5. The van der Waals surface area contributed by atoms with Crippen LogP contribution >= 0.6 is 0 Å². The van der Waals surface area contributed by atoms with Crippen molar-refractivity contribution in [3.63, 3.8) is 0 Å². The Kier molecular flexibility index (Phi) is 4.78. The molecule has 0 bridgehead atoms. The molecule has 1 aliphatic rings. The van der Waals surface area contributed by atoms with E-state index >= 15 is 0 Å². The van der Waals surface area contributed by atoms with E-state index < -0.39 is 0 Å². The monoisotopic (exact) mass is 332 g/mol. The second kappa shape index (κ2) is 6.69. The summed E-state index contributed by atoms with van der Waals surface area (Å²) in [5, 5.41) is 0. The van der Waals surface area contributed by atoms with Gasteiger partial charge in [-0.1, -0.05) is 6.42 Å². The molecule has 24 heavy (non-hydrogen) atoms. The standard InChI is InChI=1S/C18H28N4O2/c1-5-24-11-14-21-15-16(12(2)13(3)20-17(15)19)22(14)18(23-4)9-7-6-8-10-18/h5-11H2,1-4H3,(H2,19,20). The number of nitrogens with two attached hydrogens (primary N) is 1. The van der Waals surface area contributed by atoms with E-state index in [1.165, 1.54) is 6.42 Å². The van der Waals surface area contributed by atoms with Gasteiger partial charge in [-0.3, -0.25) is 4.57 Å². The molecule has 1 fully saturated rings. The predicted molar refractivity (Wildman–Crippen MR) is 94.8 cm³/mol. The lowest BCUT2D eigenvalue weighted by atomic mass is 9.90. The minimum atomic E-state index is -0.371. The van der Waals surface area contributed by atoms with Gasteiger partial charge in [-0.05, 0) is 52.0 Å². The highest BCUT2D eigenvalue weighted by Gasteiger charge is 2.38. The molecule has 3 rings (SSSR count). The molecule has 2 N–H and O–H groups in total. The van der Waals surface area contributed by atoms with Gasteiger partial charge in [0.25, 0.3) is 0 Å². The zero-order valence-electron chi connectivity index (χ0n) is 15.2. The van der Waals surface area contributed by atoms with E-state index in [1.54, 1.807) is 7.11 Å². The summed E-state index contributed by atoms with van der Waals surface area (Å²) in [5.74, 6) is 1.35. The minimum Gasteiger partial charge on any atom is -0.382 e. The molecule has 1 aliphatic carbocycles. The van der Waals surface area contributed by atoms with Crippen LogP contribution in [0, 0.1) is 13.8 Å². The number of ether oxygens (including phenoxy) is 2. The summed E-state index contributed by atoms with van der Waals surface area (Å²) in [6.45, 7) is 7.16. The van der Waals surface area contributed by atoms with E-state index in [1.807, 2.05) is 13.8 Å². The molecule has 2 heterocycles. The summed E-state index contributed by atoms with van der Waals surface area (Å²) >= 11 is 0. The van der Waals surface area contributed by atoms with Crippen LogP contribution in [-0.4, -0.2) is 28.3 Å². The minimum absolute atomic E-state index is 0.371. The smallest absolute Gasteiger partial charge is 0.151 e. The molecule has 0 aliphatic heterocycles. The van der Waals surface area contributed by atoms with Gasteiger partial charge < -0.3 is 15.2 Å². The maximum absolute atomic E-state index is 6.18. The summed E-state index contributed by atoms with van der Waals surface area (Å²) in [6.07, 6.45) is 5.52. The van der Waals surface area contributed by atoms with Crippen molar-refractivity contribution in [1.82, 2.24) is 14.5 Å². The van der Waals surface area contributed by atoms with Crippen molar-refractivity contribution in [1.29, 1.82) is 0 Å². The molecule has 0 spiro atoms. The number of pyridine rings is 1. The Morgan fingerprint density at radius 3 is 2.50 bits per heavy atom. The molecule has 6 nitrogen and oxygen atoms in total. The fourth-order valence-corrected chi connectivity index (χ4v) is 3.83. The van der Waals surface area contributed by atoms with Gasteiger partial charge in [0.1, 0.15) is 23.7 Å². The van der Waals surface area contributed by atoms with E-state index in [0.29, 0.717) is 19.0 Å². The highest BCUT2D eigenvalue weighted by Crippen LogP contribution is 2.40. The Morgan fingerprint density at radius 1 is 1.17 bits per heavy atom. The van der Waals surface area contributed by atoms with E-state index in [4.69, 9.17) is 20.2 Å². The van der Waals surface area contributed by atoms with Crippen LogP contribution in [0.2, 0.25) is 0 Å². The first-order valence-electron chi connectivity index (χ1n) is 8.81. The van der Waals surface area contributed by atoms with Gasteiger partial charge in [-0.25, -0.2) is 9.97 Å². The van der Waals surface area contributed by atoms with Gasteiger partial charge in [0.15, 0.2) is 5.82 Å². The number of anilines is 1. The lowest BCUT2D eigenvalue weighted by molar-refractivity contribution is -0.106. The Labute approximate surface area is 143 Å². The zero-order valence-corrected chi connectivity index (χ0v) is 15.2. The third-order valence-corrected chi connectivity index (χ3v) is 5.23. The molecule has 0 atom stereocenters. The number of hydrogen-bond donors (Lipinski definition) is 1. The van der Waals surface area contributed by atoms with Crippen molar-refractivity contribution in [3.8, 4) is 0 Å². The summed E-state index contributed by atoms with van der Waals surface area (Å²) in [7, 11) is 1.80. The van der Waals surface area contributed by atoms with Gasteiger partial charge in [-0.15, -0.1) is 0 Å². The molecule has 2 aromatic heterocycles. The number of aryl methyl sites for hydroxylation is 2. The van der Waals surface area contributed by atoms with Crippen molar-refractivity contribution < 1.29 is 9.47 Å². The van der Waals surface area contributed by atoms with E-state index in [2.05, 4.69) is 16.5 Å². The molecule has 0 radical (unpaired) electrons. The number of methoxy groups -OCH3 is 1. The Hall–Kier alpha value is -1.66. The molecule has 0 amide bonds. The van der Waals surface area contributed by atoms with Crippen LogP contribution in [0.5, 0.6) is 0 Å². The number of nitrogens with zero attached hydrogens (tertiary/aromatic N) is 3. The Morgan fingerprint density at radius 2 is 1.88 bits per heavy atom. The van der Waals surface area contributed by atoms with Crippen molar-refractivity contribution in [3.05, 3.63) is 17.1 Å². The van der Waals surface area contributed by atoms with Crippen LogP contribution in [0.4, 0.5) is 5.82 Å². The van der Waals surface area contributed by atoms with Crippen molar-refractivity contribution in [2.75, 3.05) is 19.5 Å². The van der Waals surface area contributed by atoms with Crippen LogP contribution in [0.1, 0.15) is 56.1 Å². The summed E-state index contributed by atoms with van der Waals surface area (Å²) in [6, 6.07) is 0. The number of fused-ring (bicyclic) bond motifs is 1. The van der Waals surface area contributed by atoms with Crippen molar-refractivity contribution >= 4 is 16.9 Å². The average Bonchev–Trinajstić information content (AvgIpc) is 2.99. The second-order valence-corrected chi connectivity index (χ2v) is 6.62. The largest absolute Gasteiger partial charge is 0.382 e. The molecular weight excluding hydrogens is 304 g/mol. The molecular formula is C18H28N4O2. The molecule has 2 aromatic rings. The number of nitrogen functional groups attached to an aromatic ring is 1. The van der Waals surface area contributed by atoms with Crippen LogP contribution in [0.15, 0.2) is 0 Å². The number of aromatic nitrogens is 3. The first-order chi connectivity index (χ1) is 11.5. The Bertz CT molecular complexity index is 732. The van der Waals surface area contributed by atoms with Gasteiger partial charge in [0.05, 0.1) is 5.52 Å². The van der Waals surface area contributed by atoms with E-state index in [9.17, 15) is 0 Å². The second-order valence-electron chi connectivity index (χ2n) is 6.62. The molecule has 0 aromatic carbocycles. The molecule has 0 saturated heterocycles. The van der Waals surface area contributed by atoms with E-state index in [0.717, 1.165) is 53.8 Å². The third kappa shape index (κ3) is 2.67. The number of imidazole rings is 1. The zero-order chi connectivity index (χ0) is 17.3. The first kappa shape index (κ1) is 17.2. The predicted octanol–water partition coefficient (Wildman–Crippen LogP) is 3.43. The molecule has 0 unspecified atom stereocenters. The third-order valence-electron chi connectivity index (χ3n) is 5.23. The van der Waals surface area contributed by atoms with Gasteiger partial charge in [-0.2, -0.15) is 0 Å². The number of hydrogen-bond acceptors (Lipinski definition) is 5. The molecule has 1 saturated carbocycles. The topological polar surface area (TPSA) is 75.2 Å². The molecule has 6 heteroatoms. The highest BCUT2D eigenvalue weighted by atomic mass is 16.5. The van der Waals surface area contributed by atoms with Crippen molar-refractivity contribution in [2.45, 2.75) is 65.2 Å². The summed E-state index contributed by atoms with van der Waals surface area (Å²) in [4.78, 5) is 9.24. The average molecular weight is 332 g/mol. The maximum atomic E-state index is 6.18. The van der Waals surface area contributed by atoms with E-state index in [-0.39, 0.29) is 5.72 Å². The Balaban J connectivity index is 2.29. The van der Waals surface area contributed by atoms with Crippen molar-refractivity contribution in [2.24, 2.45) is 0 Å². The summed E-state index contributed by atoms with van der Waals surface area (Å²) < 4.78 is 14.0. The normalized spacial score (nSPS) is 17.5. The fraction of sp³-hybridized carbons (Fsp3) is 0.667. The van der Waals surface area contributed by atoms with Crippen LogP contribution in [-0.2, 0) is 21.8 Å². The lowest BCUT2D eigenvalue weighted by Gasteiger charge is -2.39. The SMILES string of the molecule is CCOCc1nc2c(N)nc(C)c(C)c2n1C1(OC)CCCCC1. The van der Waals surface area contributed by atoms with Gasteiger partial charge in [0.2, 0.25) is 0 Å². The van der Waals surface area contributed by atoms with Crippen LogP contribution in [0.3, 0.4) is 0 Å². The fourth-order valence-electron chi connectivity index (χ4n) is 3.83. The highest BCUT2D eigenvalue weighted by molar-refractivity contribution is 5.88. The van der Waals surface area contributed by atoms with Gasteiger partial charge in [0, 0.05) is 19.4 Å². The quantitative estimate of drug-likeness (QED) is 0.908. The summed E-state index contributed by atoms with van der Waals surface area (Å²) in [5.41, 5.74) is 9.66. The van der Waals surface area contributed by atoms with Gasteiger partial charge >= 0.3 is 0 Å². The van der Waals surface area contributed by atoms with Crippen LogP contribution < -0.4 is 5.73 Å². The lowest BCUT2D eigenvalue weighted by Crippen LogP contribution is -2.39.